The largest absolute Gasteiger partial charge is 0.361 e. The predicted octanol–water partition coefficient (Wildman–Crippen LogP) is 0.615. The first-order valence-corrected chi connectivity index (χ1v) is 3.29. The van der Waals surface area contributed by atoms with Crippen molar-refractivity contribution in [1.29, 1.82) is 0 Å². The van der Waals surface area contributed by atoms with E-state index in [0.29, 0.717) is 0 Å². The normalized spacial score (nSPS) is 8.55. The standard InChI is InChI=1S/C7H10N2O2/c1-5(10)3-4-7(9-8)6(2)11/h3-4H2,1-2H3. The average molecular weight is 154 g/mol. The van der Waals surface area contributed by atoms with Crippen molar-refractivity contribution in [2.75, 3.05) is 0 Å². The van der Waals surface area contributed by atoms with Gasteiger partial charge in [-0.05, 0) is 6.92 Å². The Morgan fingerprint density at radius 3 is 2.09 bits per heavy atom. The molecule has 0 atom stereocenters. The SMILES string of the molecule is CC(=O)CCC(=[N+]=[N-])C(C)=O. The number of ketones is 2. The summed E-state index contributed by atoms with van der Waals surface area (Å²) in [5.74, 6) is -0.318. The lowest BCUT2D eigenvalue weighted by Crippen LogP contribution is -2.12. The maximum Gasteiger partial charge on any atom is 0.334 e. The fourth-order valence-corrected chi connectivity index (χ4v) is 0.591. The molecule has 0 aliphatic carbocycles. The predicted molar refractivity (Wildman–Crippen MR) is 39.2 cm³/mol. The fraction of sp³-hybridized carbons (Fsp3) is 0.571. The molecule has 0 saturated carbocycles. The number of Topliss-reactive ketones (excluding diaryl/α,β-unsaturated/α-hetero) is 2. The zero-order valence-corrected chi connectivity index (χ0v) is 6.63. The summed E-state index contributed by atoms with van der Waals surface area (Å²) in [5, 5.41) is 0. The Balaban J connectivity index is 4.03. The van der Waals surface area contributed by atoms with Crippen LogP contribution < -0.4 is 0 Å². The Bertz CT molecular complexity index is 227. The molecular weight excluding hydrogens is 144 g/mol. The van der Waals surface area contributed by atoms with Crippen LogP contribution in [0.1, 0.15) is 26.7 Å². The Hall–Kier alpha value is -1.28. The molecule has 4 nitrogen and oxygen atoms in total. The minimum atomic E-state index is -0.297. The van der Waals surface area contributed by atoms with Crippen LogP contribution in [0.15, 0.2) is 0 Å². The Labute approximate surface area is 64.8 Å². The molecule has 0 aliphatic heterocycles. The number of carbonyl (C=O) groups excluding carboxylic acids is 2. The lowest BCUT2D eigenvalue weighted by molar-refractivity contribution is -0.117. The van der Waals surface area contributed by atoms with Crippen LogP contribution in [-0.4, -0.2) is 22.1 Å². The van der Waals surface area contributed by atoms with Gasteiger partial charge >= 0.3 is 5.71 Å². The van der Waals surface area contributed by atoms with E-state index >= 15 is 0 Å². The lowest BCUT2D eigenvalue weighted by atomic mass is 10.1. The van der Waals surface area contributed by atoms with Crippen molar-refractivity contribution in [3.05, 3.63) is 5.53 Å². The number of hydrogen-bond donors (Lipinski definition) is 0. The van der Waals surface area contributed by atoms with Gasteiger partial charge in [0.15, 0.2) is 0 Å². The molecule has 60 valence electrons. The molecule has 0 spiro atoms. The minimum absolute atomic E-state index is 0.0209. The van der Waals surface area contributed by atoms with Crippen molar-refractivity contribution in [2.45, 2.75) is 26.7 Å². The molecule has 0 amide bonds. The highest BCUT2D eigenvalue weighted by Gasteiger charge is 2.14. The summed E-state index contributed by atoms with van der Waals surface area (Å²) < 4.78 is 0. The molecule has 11 heavy (non-hydrogen) atoms. The van der Waals surface area contributed by atoms with Crippen LogP contribution in [0.4, 0.5) is 0 Å². The highest BCUT2D eigenvalue weighted by molar-refractivity contribution is 6.36. The first-order chi connectivity index (χ1) is 5.07. The molecule has 0 unspecified atom stereocenters. The molecule has 0 rings (SSSR count). The van der Waals surface area contributed by atoms with Crippen LogP contribution >= 0.6 is 0 Å². The third-order valence-corrected chi connectivity index (χ3v) is 1.24. The zero-order chi connectivity index (χ0) is 8.85. The highest BCUT2D eigenvalue weighted by atomic mass is 16.1. The Morgan fingerprint density at radius 1 is 1.27 bits per heavy atom. The molecular formula is C7H10N2O2. The molecule has 0 bridgehead atoms. The van der Waals surface area contributed by atoms with E-state index in [9.17, 15) is 9.59 Å². The van der Waals surface area contributed by atoms with E-state index in [1.54, 1.807) is 0 Å². The smallest absolute Gasteiger partial charge is 0.334 e. The fourth-order valence-electron chi connectivity index (χ4n) is 0.591. The third-order valence-electron chi connectivity index (χ3n) is 1.24. The summed E-state index contributed by atoms with van der Waals surface area (Å²) >= 11 is 0. The van der Waals surface area contributed by atoms with Gasteiger partial charge in [-0.3, -0.25) is 4.79 Å². The van der Waals surface area contributed by atoms with E-state index in [0.717, 1.165) is 0 Å². The molecule has 0 fully saturated rings. The van der Waals surface area contributed by atoms with Crippen LogP contribution in [0.25, 0.3) is 5.53 Å². The van der Waals surface area contributed by atoms with E-state index in [-0.39, 0.29) is 30.1 Å². The first kappa shape index (κ1) is 9.72. The molecule has 0 aromatic rings. The minimum Gasteiger partial charge on any atom is -0.361 e. The topological polar surface area (TPSA) is 70.5 Å². The summed E-state index contributed by atoms with van der Waals surface area (Å²) in [6, 6.07) is 0. The van der Waals surface area contributed by atoms with Gasteiger partial charge in [0.2, 0.25) is 5.78 Å². The lowest BCUT2D eigenvalue weighted by Gasteiger charge is -1.87. The molecule has 0 heterocycles. The van der Waals surface area contributed by atoms with Crippen LogP contribution in [0.2, 0.25) is 0 Å². The van der Waals surface area contributed by atoms with Gasteiger partial charge in [-0.1, -0.05) is 0 Å². The second-order valence-electron chi connectivity index (χ2n) is 2.30. The van der Waals surface area contributed by atoms with Crippen molar-refractivity contribution in [3.8, 4) is 0 Å². The quantitative estimate of drug-likeness (QED) is 0.338. The molecule has 0 N–H and O–H groups in total. The van der Waals surface area contributed by atoms with E-state index < -0.39 is 0 Å². The maximum absolute atomic E-state index is 10.6. The first-order valence-electron chi connectivity index (χ1n) is 3.29. The van der Waals surface area contributed by atoms with Gasteiger partial charge in [-0.25, -0.2) is 0 Å². The summed E-state index contributed by atoms with van der Waals surface area (Å²) in [5.41, 5.74) is 8.32. The Morgan fingerprint density at radius 2 is 1.82 bits per heavy atom. The summed E-state index contributed by atoms with van der Waals surface area (Å²) in [6.45, 7) is 2.73. The highest BCUT2D eigenvalue weighted by Crippen LogP contribution is 1.92. The van der Waals surface area contributed by atoms with Crippen molar-refractivity contribution in [3.63, 3.8) is 0 Å². The van der Waals surface area contributed by atoms with Crippen LogP contribution in [0.3, 0.4) is 0 Å². The molecule has 0 radical (unpaired) electrons. The third kappa shape index (κ3) is 4.17. The molecule has 0 aromatic heterocycles. The zero-order valence-electron chi connectivity index (χ0n) is 6.63. The summed E-state index contributed by atoms with van der Waals surface area (Å²) in [4.78, 5) is 23.8. The second-order valence-corrected chi connectivity index (χ2v) is 2.30. The monoisotopic (exact) mass is 154 g/mol. The number of hydrogen-bond acceptors (Lipinski definition) is 2. The molecule has 0 saturated heterocycles. The summed E-state index contributed by atoms with van der Waals surface area (Å²) in [7, 11) is 0. The van der Waals surface area contributed by atoms with Gasteiger partial charge in [0, 0.05) is 13.3 Å². The van der Waals surface area contributed by atoms with Crippen molar-refractivity contribution < 1.29 is 14.4 Å². The van der Waals surface area contributed by atoms with Gasteiger partial charge in [-0.15, -0.1) is 0 Å². The van der Waals surface area contributed by atoms with Gasteiger partial charge in [0.05, 0.1) is 6.42 Å². The Kier molecular flexibility index (Phi) is 4.00. The number of carbonyl (C=O) groups is 2. The van der Waals surface area contributed by atoms with Crippen LogP contribution in [-0.2, 0) is 9.59 Å². The van der Waals surface area contributed by atoms with E-state index in [1.165, 1.54) is 13.8 Å². The van der Waals surface area contributed by atoms with E-state index in [2.05, 4.69) is 4.79 Å². The molecule has 0 aliphatic rings. The number of rotatable bonds is 4. The molecule has 4 heteroatoms. The van der Waals surface area contributed by atoms with Gasteiger partial charge in [0.25, 0.3) is 0 Å². The van der Waals surface area contributed by atoms with Gasteiger partial charge in [0.1, 0.15) is 5.78 Å². The summed E-state index contributed by atoms with van der Waals surface area (Å²) in [6.07, 6.45) is 0.472. The average Bonchev–Trinajstić information content (AvgIpc) is 1.87. The van der Waals surface area contributed by atoms with Crippen molar-refractivity contribution >= 4 is 17.3 Å². The van der Waals surface area contributed by atoms with Gasteiger partial charge in [-0.2, -0.15) is 4.79 Å². The molecule has 0 aromatic carbocycles. The van der Waals surface area contributed by atoms with Gasteiger partial charge < -0.3 is 10.3 Å². The van der Waals surface area contributed by atoms with Crippen LogP contribution in [0.5, 0.6) is 0 Å². The van der Waals surface area contributed by atoms with Crippen molar-refractivity contribution in [1.82, 2.24) is 0 Å². The number of nitrogens with zero attached hydrogens (tertiary/aromatic N) is 2. The van der Waals surface area contributed by atoms with Crippen molar-refractivity contribution in [2.24, 2.45) is 0 Å². The second kappa shape index (κ2) is 4.52. The van der Waals surface area contributed by atoms with E-state index in [4.69, 9.17) is 5.53 Å². The van der Waals surface area contributed by atoms with Crippen LogP contribution in [0, 0.1) is 0 Å². The van der Waals surface area contributed by atoms with E-state index in [1.807, 2.05) is 0 Å². The maximum atomic E-state index is 10.6.